The summed E-state index contributed by atoms with van der Waals surface area (Å²) >= 11 is 3.55. The fourth-order valence-corrected chi connectivity index (χ4v) is 3.63. The lowest BCUT2D eigenvalue weighted by atomic mass is 9.99. The number of hydrogen-bond donors (Lipinski definition) is 1. The van der Waals surface area contributed by atoms with Crippen LogP contribution in [0.4, 0.5) is 0 Å². The average molecular weight is 334 g/mol. The van der Waals surface area contributed by atoms with E-state index in [4.69, 9.17) is 10.7 Å². The van der Waals surface area contributed by atoms with Crippen molar-refractivity contribution in [1.82, 2.24) is 9.55 Å². The number of imidazole rings is 1. The predicted molar refractivity (Wildman–Crippen MR) is 84.9 cm³/mol. The van der Waals surface area contributed by atoms with E-state index in [0.29, 0.717) is 6.54 Å². The van der Waals surface area contributed by atoms with Crippen LogP contribution < -0.4 is 5.73 Å². The lowest BCUT2D eigenvalue weighted by Gasteiger charge is -2.23. The number of benzene rings is 1. The third kappa shape index (κ3) is 2.42. The van der Waals surface area contributed by atoms with Crippen LogP contribution in [0.2, 0.25) is 0 Å². The van der Waals surface area contributed by atoms with Gasteiger partial charge in [0.2, 0.25) is 0 Å². The van der Waals surface area contributed by atoms with E-state index in [0.717, 1.165) is 23.1 Å². The van der Waals surface area contributed by atoms with Crippen LogP contribution in [0.5, 0.6) is 0 Å². The first kappa shape index (κ1) is 13.8. The lowest BCUT2D eigenvalue weighted by molar-refractivity contribution is 0.537. The van der Waals surface area contributed by atoms with E-state index in [9.17, 15) is 0 Å². The third-order valence-electron chi connectivity index (χ3n) is 4.11. The fraction of sp³-hybridized carbons (Fsp3) is 0.438. The maximum absolute atomic E-state index is 6.08. The van der Waals surface area contributed by atoms with Gasteiger partial charge in [-0.15, -0.1) is 0 Å². The first-order valence-corrected chi connectivity index (χ1v) is 8.02. The smallest absolute Gasteiger partial charge is 0.106 e. The maximum atomic E-state index is 6.08. The van der Waals surface area contributed by atoms with E-state index in [1.165, 1.54) is 29.8 Å². The monoisotopic (exact) mass is 333 g/mol. The molecule has 0 amide bonds. The van der Waals surface area contributed by atoms with Crippen molar-refractivity contribution in [3.05, 3.63) is 51.5 Å². The molecule has 1 aliphatic rings. The number of aromatic nitrogens is 2. The summed E-state index contributed by atoms with van der Waals surface area (Å²) in [7, 11) is 0. The minimum absolute atomic E-state index is 0.182. The molecule has 0 aliphatic heterocycles. The summed E-state index contributed by atoms with van der Waals surface area (Å²) in [5.74, 6) is 1.09. The molecule has 0 saturated carbocycles. The van der Waals surface area contributed by atoms with Gasteiger partial charge in [0.25, 0.3) is 0 Å². The number of nitrogens with zero attached hydrogens (tertiary/aromatic N) is 2. The van der Waals surface area contributed by atoms with Crippen molar-refractivity contribution in [3.63, 3.8) is 0 Å². The summed E-state index contributed by atoms with van der Waals surface area (Å²) in [5, 5.41) is 0. The number of nitrogens with two attached hydrogens (primary N) is 1. The number of halogens is 1. The molecule has 1 heterocycles. The summed E-state index contributed by atoms with van der Waals surface area (Å²) in [4.78, 5) is 4.76. The van der Waals surface area contributed by atoms with Crippen molar-refractivity contribution in [1.29, 1.82) is 0 Å². The van der Waals surface area contributed by atoms with Gasteiger partial charge in [-0.05, 0) is 50.3 Å². The van der Waals surface area contributed by atoms with Gasteiger partial charge in [0.1, 0.15) is 5.82 Å². The predicted octanol–water partition coefficient (Wildman–Crippen LogP) is 3.38. The van der Waals surface area contributed by atoms with Gasteiger partial charge < -0.3 is 10.3 Å². The van der Waals surface area contributed by atoms with Gasteiger partial charge in [-0.3, -0.25) is 0 Å². The zero-order valence-electron chi connectivity index (χ0n) is 11.8. The minimum Gasteiger partial charge on any atom is -0.328 e. The summed E-state index contributed by atoms with van der Waals surface area (Å²) in [6.45, 7) is 2.69. The fourth-order valence-electron chi connectivity index (χ4n) is 3.22. The SMILES string of the molecule is Cc1nc2c(n1C(CN)c1cccc(Br)c1)CCCC2. The largest absolute Gasteiger partial charge is 0.328 e. The summed E-state index contributed by atoms with van der Waals surface area (Å²) < 4.78 is 3.45. The highest BCUT2D eigenvalue weighted by atomic mass is 79.9. The second kappa shape index (κ2) is 5.70. The summed E-state index contributed by atoms with van der Waals surface area (Å²) in [6, 6.07) is 8.61. The third-order valence-corrected chi connectivity index (χ3v) is 4.61. The molecule has 1 unspecified atom stereocenters. The van der Waals surface area contributed by atoms with Crippen molar-refractivity contribution in [3.8, 4) is 0 Å². The number of hydrogen-bond acceptors (Lipinski definition) is 2. The van der Waals surface area contributed by atoms with Gasteiger partial charge in [0.05, 0.1) is 11.7 Å². The molecule has 1 aliphatic carbocycles. The van der Waals surface area contributed by atoms with Gasteiger partial charge in [-0.1, -0.05) is 28.1 Å². The quantitative estimate of drug-likeness (QED) is 0.935. The molecular formula is C16H20BrN3. The topological polar surface area (TPSA) is 43.8 Å². The second-order valence-electron chi connectivity index (χ2n) is 5.44. The molecule has 3 nitrogen and oxygen atoms in total. The molecule has 0 radical (unpaired) electrons. The van der Waals surface area contributed by atoms with Crippen LogP contribution in [0.3, 0.4) is 0 Å². The van der Waals surface area contributed by atoms with E-state index in [2.05, 4.69) is 45.6 Å². The molecule has 2 N–H and O–H groups in total. The van der Waals surface area contributed by atoms with Gasteiger partial charge >= 0.3 is 0 Å². The van der Waals surface area contributed by atoms with Crippen LogP contribution in [0.1, 0.15) is 41.7 Å². The Morgan fingerprint density at radius 2 is 2.15 bits per heavy atom. The van der Waals surface area contributed by atoms with Gasteiger partial charge in [-0.2, -0.15) is 0 Å². The highest BCUT2D eigenvalue weighted by Gasteiger charge is 2.23. The average Bonchev–Trinajstić information content (AvgIpc) is 2.77. The van der Waals surface area contributed by atoms with Crippen molar-refractivity contribution in [2.24, 2.45) is 5.73 Å². The van der Waals surface area contributed by atoms with Crippen LogP contribution in [-0.2, 0) is 12.8 Å². The van der Waals surface area contributed by atoms with Crippen molar-refractivity contribution >= 4 is 15.9 Å². The van der Waals surface area contributed by atoms with Crippen molar-refractivity contribution in [2.75, 3.05) is 6.54 Å². The standard InChI is InChI=1S/C16H20BrN3/c1-11-19-14-7-2-3-8-15(14)20(11)16(10-18)12-5-4-6-13(17)9-12/h4-6,9,16H,2-3,7-8,10,18H2,1H3. The molecule has 1 aromatic carbocycles. The van der Waals surface area contributed by atoms with Crippen LogP contribution in [0.25, 0.3) is 0 Å². The Kier molecular flexibility index (Phi) is 3.94. The zero-order chi connectivity index (χ0) is 14.1. The van der Waals surface area contributed by atoms with E-state index in [1.807, 2.05) is 6.07 Å². The lowest BCUT2D eigenvalue weighted by Crippen LogP contribution is -2.24. The van der Waals surface area contributed by atoms with Gasteiger partial charge in [0.15, 0.2) is 0 Å². The molecule has 20 heavy (non-hydrogen) atoms. The normalized spacial score (nSPS) is 15.9. The van der Waals surface area contributed by atoms with Crippen LogP contribution in [0, 0.1) is 6.92 Å². The Hall–Kier alpha value is -1.13. The highest BCUT2D eigenvalue weighted by Crippen LogP contribution is 2.29. The number of aryl methyl sites for hydroxylation is 2. The first-order chi connectivity index (χ1) is 9.70. The number of rotatable bonds is 3. The molecule has 1 atom stereocenters. The maximum Gasteiger partial charge on any atom is 0.106 e. The van der Waals surface area contributed by atoms with E-state index in [1.54, 1.807) is 0 Å². The Bertz CT molecular complexity index is 618. The molecular weight excluding hydrogens is 314 g/mol. The van der Waals surface area contributed by atoms with E-state index >= 15 is 0 Å². The van der Waals surface area contributed by atoms with Crippen LogP contribution in [0.15, 0.2) is 28.7 Å². The second-order valence-corrected chi connectivity index (χ2v) is 6.35. The molecule has 0 spiro atoms. The van der Waals surface area contributed by atoms with E-state index in [-0.39, 0.29) is 6.04 Å². The van der Waals surface area contributed by atoms with Crippen LogP contribution in [-0.4, -0.2) is 16.1 Å². The molecule has 106 valence electrons. The van der Waals surface area contributed by atoms with Gasteiger partial charge in [0, 0.05) is 16.7 Å². The molecule has 3 rings (SSSR count). The van der Waals surface area contributed by atoms with Crippen molar-refractivity contribution < 1.29 is 0 Å². The van der Waals surface area contributed by atoms with E-state index < -0.39 is 0 Å². The summed E-state index contributed by atoms with van der Waals surface area (Å²) in [5.41, 5.74) is 10.0. The Morgan fingerprint density at radius 3 is 2.90 bits per heavy atom. The Morgan fingerprint density at radius 1 is 1.35 bits per heavy atom. The Labute approximate surface area is 128 Å². The highest BCUT2D eigenvalue weighted by molar-refractivity contribution is 9.10. The molecule has 4 heteroatoms. The zero-order valence-corrected chi connectivity index (χ0v) is 13.4. The minimum atomic E-state index is 0.182. The van der Waals surface area contributed by atoms with Crippen LogP contribution >= 0.6 is 15.9 Å². The summed E-state index contributed by atoms with van der Waals surface area (Å²) in [6.07, 6.45) is 4.75. The molecule has 2 aromatic rings. The van der Waals surface area contributed by atoms with Crippen molar-refractivity contribution in [2.45, 2.75) is 38.6 Å². The molecule has 0 bridgehead atoms. The molecule has 1 aromatic heterocycles. The molecule has 0 fully saturated rings. The van der Waals surface area contributed by atoms with Gasteiger partial charge in [-0.25, -0.2) is 4.98 Å². The first-order valence-electron chi connectivity index (χ1n) is 7.23. The number of fused-ring (bicyclic) bond motifs is 1. The Balaban J connectivity index is 2.08. The molecule has 0 saturated heterocycles.